The lowest BCUT2D eigenvalue weighted by molar-refractivity contribution is -0.122. The molecule has 0 fully saturated rings. The van der Waals surface area contributed by atoms with Gasteiger partial charge in [0, 0.05) is 38.8 Å². The van der Waals surface area contributed by atoms with E-state index in [9.17, 15) is 9.59 Å². The van der Waals surface area contributed by atoms with E-state index < -0.39 is 0 Å². The summed E-state index contributed by atoms with van der Waals surface area (Å²) in [5.74, 6) is 1.40. The molecule has 7 nitrogen and oxygen atoms in total. The van der Waals surface area contributed by atoms with Gasteiger partial charge in [0.1, 0.15) is 5.82 Å². The Morgan fingerprint density at radius 3 is 2.35 bits per heavy atom. The van der Waals surface area contributed by atoms with E-state index in [-0.39, 0.29) is 11.7 Å². The molecule has 2 aromatic rings. The van der Waals surface area contributed by atoms with Crippen LogP contribution in [0.25, 0.3) is 0 Å². The molecule has 1 heterocycles. The van der Waals surface area contributed by atoms with Crippen LogP contribution in [-0.2, 0) is 22.6 Å². The Morgan fingerprint density at radius 2 is 1.79 bits per heavy atom. The van der Waals surface area contributed by atoms with Crippen molar-refractivity contribution >= 4 is 23.3 Å². The van der Waals surface area contributed by atoms with E-state index in [1.807, 2.05) is 38.1 Å². The zero-order valence-electron chi connectivity index (χ0n) is 21.1. The van der Waals surface area contributed by atoms with Crippen LogP contribution in [0, 0.1) is 5.92 Å². The first kappa shape index (κ1) is 28.6. The molecule has 4 N–H and O–H groups in total. The number of carbonyl (C=O) groups excluding carboxylic acids is 2. The second kappa shape index (κ2) is 16.2. The summed E-state index contributed by atoms with van der Waals surface area (Å²) in [6.07, 6.45) is 5.92. The molecule has 0 aliphatic heterocycles. The summed E-state index contributed by atoms with van der Waals surface area (Å²) in [7, 11) is 0. The van der Waals surface area contributed by atoms with E-state index in [0.717, 1.165) is 24.0 Å². The van der Waals surface area contributed by atoms with Crippen LogP contribution in [0.3, 0.4) is 0 Å². The van der Waals surface area contributed by atoms with Crippen molar-refractivity contribution in [1.29, 1.82) is 0 Å². The quantitative estimate of drug-likeness (QED) is 0.355. The van der Waals surface area contributed by atoms with Crippen molar-refractivity contribution in [2.75, 3.05) is 12.3 Å². The average Bonchev–Trinajstić information content (AvgIpc) is 2.81. The van der Waals surface area contributed by atoms with Gasteiger partial charge < -0.3 is 16.4 Å². The number of amides is 1. The third-order valence-corrected chi connectivity index (χ3v) is 4.91. The van der Waals surface area contributed by atoms with Gasteiger partial charge in [0.15, 0.2) is 11.6 Å². The summed E-state index contributed by atoms with van der Waals surface area (Å²) in [6.45, 7) is 10.7. The van der Waals surface area contributed by atoms with Gasteiger partial charge >= 0.3 is 0 Å². The van der Waals surface area contributed by atoms with Crippen LogP contribution in [0.1, 0.15) is 58.6 Å². The number of hydrogen-bond acceptors (Lipinski definition) is 5. The topological polar surface area (TPSA) is 109 Å². The molecule has 2 rings (SSSR count). The van der Waals surface area contributed by atoms with Crippen molar-refractivity contribution in [1.82, 2.24) is 15.6 Å². The predicted octanol–water partition coefficient (Wildman–Crippen LogP) is 4.45. The van der Waals surface area contributed by atoms with E-state index >= 15 is 0 Å². The molecule has 1 unspecified atom stereocenters. The Hall–Kier alpha value is -3.48. The third kappa shape index (κ3) is 13.2. The SMILES string of the molecule is CC(=O)C(=NCCc1ccccc1)NC=C(C)C.CCC(C)CC(=O)NCc1ccc(N)nc1. The number of hydrogen-bond donors (Lipinski definition) is 3. The lowest BCUT2D eigenvalue weighted by Gasteiger charge is -2.09. The van der Waals surface area contributed by atoms with Gasteiger partial charge in [0.25, 0.3) is 0 Å². The molecule has 0 bridgehead atoms. The number of aromatic nitrogens is 1. The number of carbonyl (C=O) groups is 2. The standard InChI is InChI=1S/C15H20N2O.C12H19N3O/c1-12(2)11-17-15(13(3)18)16-10-9-14-7-5-4-6-8-14;1-3-9(2)6-12(16)15-8-10-4-5-11(13)14-7-10/h4-8,11H,9-10H2,1-3H3,(H,16,17);4-5,7,9H,3,6,8H2,1-2H3,(H2,13,14)(H,15,16). The third-order valence-electron chi connectivity index (χ3n) is 4.91. The summed E-state index contributed by atoms with van der Waals surface area (Å²) in [5.41, 5.74) is 8.76. The molecule has 7 heteroatoms. The molecule has 1 aromatic carbocycles. The highest BCUT2D eigenvalue weighted by Gasteiger charge is 2.06. The van der Waals surface area contributed by atoms with Crippen molar-refractivity contribution in [3.63, 3.8) is 0 Å². The second-order valence-corrected chi connectivity index (χ2v) is 8.47. The molecule has 0 aliphatic rings. The molecule has 184 valence electrons. The minimum atomic E-state index is -0.0411. The fraction of sp³-hybridized carbons (Fsp3) is 0.407. The van der Waals surface area contributed by atoms with Crippen molar-refractivity contribution in [2.45, 2.75) is 60.4 Å². The number of benzene rings is 1. The first-order chi connectivity index (χ1) is 16.2. The largest absolute Gasteiger partial charge is 0.384 e. The van der Waals surface area contributed by atoms with Gasteiger partial charge in [-0.2, -0.15) is 0 Å². The number of amidine groups is 1. The monoisotopic (exact) mass is 465 g/mol. The number of allylic oxidation sites excluding steroid dienone is 1. The Morgan fingerprint density at radius 1 is 1.09 bits per heavy atom. The lowest BCUT2D eigenvalue weighted by Crippen LogP contribution is -2.25. The van der Waals surface area contributed by atoms with E-state index in [0.29, 0.717) is 37.1 Å². The van der Waals surface area contributed by atoms with Crippen LogP contribution in [0.15, 0.2) is 65.4 Å². The predicted molar refractivity (Wildman–Crippen MR) is 140 cm³/mol. The fourth-order valence-electron chi connectivity index (χ4n) is 2.69. The fourth-order valence-corrected chi connectivity index (χ4v) is 2.69. The normalized spacial score (nSPS) is 11.5. The highest BCUT2D eigenvalue weighted by molar-refractivity contribution is 6.38. The maximum atomic E-state index is 11.5. The van der Waals surface area contributed by atoms with Crippen LogP contribution in [0.4, 0.5) is 5.82 Å². The number of aliphatic imine (C=N–C) groups is 1. The number of rotatable bonds is 10. The number of nitrogen functional groups attached to an aromatic ring is 1. The molecule has 1 amide bonds. The Bertz CT molecular complexity index is 933. The first-order valence-electron chi connectivity index (χ1n) is 11.7. The van der Waals surface area contributed by atoms with Gasteiger partial charge in [0.05, 0.1) is 0 Å². The number of ketones is 1. The number of Topliss-reactive ketones (excluding diaryl/α,β-unsaturated/α-hetero) is 1. The minimum absolute atomic E-state index is 0.0411. The van der Waals surface area contributed by atoms with Crippen LogP contribution < -0.4 is 16.4 Å². The van der Waals surface area contributed by atoms with Gasteiger partial charge in [0.2, 0.25) is 5.91 Å². The summed E-state index contributed by atoms with van der Waals surface area (Å²) < 4.78 is 0. The Kier molecular flexibility index (Phi) is 13.6. The van der Waals surface area contributed by atoms with Crippen LogP contribution in [0.2, 0.25) is 0 Å². The van der Waals surface area contributed by atoms with Crippen molar-refractivity contribution < 1.29 is 9.59 Å². The van der Waals surface area contributed by atoms with Gasteiger partial charge in [-0.3, -0.25) is 14.6 Å². The Balaban J connectivity index is 0.000000342. The number of anilines is 1. The summed E-state index contributed by atoms with van der Waals surface area (Å²) in [6, 6.07) is 13.7. The maximum Gasteiger partial charge on any atom is 0.220 e. The van der Waals surface area contributed by atoms with Gasteiger partial charge in [-0.05, 0) is 43.4 Å². The van der Waals surface area contributed by atoms with Gasteiger partial charge in [-0.25, -0.2) is 4.98 Å². The van der Waals surface area contributed by atoms with E-state index in [2.05, 4.69) is 46.6 Å². The summed E-state index contributed by atoms with van der Waals surface area (Å²) in [4.78, 5) is 31.1. The van der Waals surface area contributed by atoms with Crippen molar-refractivity contribution in [3.8, 4) is 0 Å². The average molecular weight is 466 g/mol. The molecule has 0 aliphatic carbocycles. The molecular weight excluding hydrogens is 426 g/mol. The van der Waals surface area contributed by atoms with E-state index in [1.54, 1.807) is 18.5 Å². The van der Waals surface area contributed by atoms with Crippen molar-refractivity contribution in [2.24, 2.45) is 10.9 Å². The first-order valence-corrected chi connectivity index (χ1v) is 11.7. The zero-order chi connectivity index (χ0) is 25.3. The van der Waals surface area contributed by atoms with Gasteiger partial charge in [-0.15, -0.1) is 0 Å². The van der Waals surface area contributed by atoms with Crippen molar-refractivity contribution in [3.05, 3.63) is 71.6 Å². The van der Waals surface area contributed by atoms with Crippen LogP contribution >= 0.6 is 0 Å². The number of nitrogens with zero attached hydrogens (tertiary/aromatic N) is 2. The molecule has 0 saturated heterocycles. The van der Waals surface area contributed by atoms with Gasteiger partial charge in [-0.1, -0.05) is 62.2 Å². The highest BCUT2D eigenvalue weighted by Crippen LogP contribution is 2.06. The van der Waals surface area contributed by atoms with Crippen LogP contribution in [0.5, 0.6) is 0 Å². The van der Waals surface area contributed by atoms with Crippen LogP contribution in [-0.4, -0.2) is 29.1 Å². The minimum Gasteiger partial charge on any atom is -0.384 e. The lowest BCUT2D eigenvalue weighted by atomic mass is 10.1. The molecular formula is C27H39N5O2. The number of pyridine rings is 1. The molecule has 0 radical (unpaired) electrons. The molecule has 1 aromatic heterocycles. The highest BCUT2D eigenvalue weighted by atomic mass is 16.1. The summed E-state index contributed by atoms with van der Waals surface area (Å²) >= 11 is 0. The smallest absolute Gasteiger partial charge is 0.220 e. The molecule has 0 spiro atoms. The zero-order valence-corrected chi connectivity index (χ0v) is 21.1. The number of nitrogens with one attached hydrogen (secondary N) is 2. The van der Waals surface area contributed by atoms with E-state index in [1.165, 1.54) is 12.5 Å². The van der Waals surface area contributed by atoms with E-state index in [4.69, 9.17) is 5.73 Å². The maximum absolute atomic E-state index is 11.5. The molecule has 1 atom stereocenters. The number of nitrogens with two attached hydrogens (primary N) is 1. The molecule has 34 heavy (non-hydrogen) atoms. The second-order valence-electron chi connectivity index (χ2n) is 8.47. The molecule has 0 saturated carbocycles. The Labute approximate surface area is 204 Å². The summed E-state index contributed by atoms with van der Waals surface area (Å²) in [5, 5.41) is 5.81.